The van der Waals surface area contributed by atoms with Crippen LogP contribution in [0, 0.1) is 0 Å². The number of hydrogen-bond donors (Lipinski definition) is 2. The molecule has 184 valence electrons. The smallest absolute Gasteiger partial charge is 0.430 e. The van der Waals surface area contributed by atoms with Crippen LogP contribution in [0.3, 0.4) is 0 Å². The van der Waals surface area contributed by atoms with Gasteiger partial charge in [0.05, 0.1) is 0 Å². The number of likely N-dealkylation sites (N-methyl/N-ethyl adjacent to an activating group) is 1. The number of allylic oxidation sites excluding steroid dienone is 2. The molecular formula is C29H36N4O2. The fourth-order valence-corrected chi connectivity index (χ4v) is 3.71. The maximum absolute atomic E-state index is 11.9. The maximum atomic E-state index is 11.9. The molecule has 0 spiro atoms. The van der Waals surface area contributed by atoms with Gasteiger partial charge >= 0.3 is 6.09 Å². The number of nitrogens with two attached hydrogens (primary N) is 2. The standard InChI is InChI=1S/C19H28N4O2.C10H8/c1-19(2,3)25-18(24)23(21)17(20)7-5-6-14-8-9-15-10-11-22(4)13-16(15)12-14;1-2-6-10-8-4-3-7-9(10)5-1/h5-9,12H,10-11,13,20-21H2,1-4H3;1-8H/b6-5+,17-7+;. The first-order valence-corrected chi connectivity index (χ1v) is 11.8. The third-order valence-electron chi connectivity index (χ3n) is 5.52. The van der Waals surface area contributed by atoms with Crippen LogP contribution in [0.25, 0.3) is 16.8 Å². The minimum atomic E-state index is -0.688. The Hall–Kier alpha value is -3.61. The van der Waals surface area contributed by atoms with Crippen molar-refractivity contribution in [1.29, 1.82) is 0 Å². The quantitative estimate of drug-likeness (QED) is 0.230. The second kappa shape index (κ2) is 11.7. The van der Waals surface area contributed by atoms with E-state index in [0.29, 0.717) is 0 Å². The summed E-state index contributed by atoms with van der Waals surface area (Å²) in [5.41, 5.74) is 9.05. The first-order chi connectivity index (χ1) is 16.6. The molecule has 6 nitrogen and oxygen atoms in total. The third-order valence-corrected chi connectivity index (χ3v) is 5.52. The third kappa shape index (κ3) is 7.98. The molecule has 0 saturated carbocycles. The average Bonchev–Trinajstić information content (AvgIpc) is 2.82. The molecule has 0 unspecified atom stereocenters. The van der Waals surface area contributed by atoms with Gasteiger partial charge in [0.15, 0.2) is 0 Å². The fraction of sp³-hybridized carbons (Fsp3) is 0.276. The van der Waals surface area contributed by atoms with E-state index in [4.69, 9.17) is 16.3 Å². The van der Waals surface area contributed by atoms with Gasteiger partial charge in [-0.15, -0.1) is 0 Å². The highest BCUT2D eigenvalue weighted by atomic mass is 16.6. The van der Waals surface area contributed by atoms with Gasteiger partial charge in [0, 0.05) is 13.1 Å². The van der Waals surface area contributed by atoms with E-state index in [2.05, 4.69) is 78.7 Å². The number of ether oxygens (including phenoxy) is 1. The molecule has 0 aromatic heterocycles. The Labute approximate surface area is 208 Å². The zero-order valence-corrected chi connectivity index (χ0v) is 21.1. The Bertz CT molecular complexity index is 1150. The van der Waals surface area contributed by atoms with Crippen molar-refractivity contribution in [3.05, 3.63) is 101 Å². The summed E-state index contributed by atoms with van der Waals surface area (Å²) >= 11 is 0. The molecule has 0 atom stereocenters. The number of benzene rings is 3. The Morgan fingerprint density at radius 2 is 1.60 bits per heavy atom. The largest absolute Gasteiger partial charge is 0.442 e. The van der Waals surface area contributed by atoms with Crippen molar-refractivity contribution in [2.45, 2.75) is 39.3 Å². The van der Waals surface area contributed by atoms with E-state index in [9.17, 15) is 4.79 Å². The molecule has 1 aliphatic rings. The van der Waals surface area contributed by atoms with Crippen LogP contribution in [0.2, 0.25) is 0 Å². The van der Waals surface area contributed by atoms with Crippen molar-refractivity contribution in [1.82, 2.24) is 9.91 Å². The lowest BCUT2D eigenvalue weighted by Crippen LogP contribution is -2.43. The van der Waals surface area contributed by atoms with Gasteiger partial charge in [0.25, 0.3) is 0 Å². The van der Waals surface area contributed by atoms with Crippen molar-refractivity contribution >= 4 is 22.9 Å². The molecule has 4 rings (SSSR count). The first kappa shape index (κ1) is 26.0. The zero-order valence-electron chi connectivity index (χ0n) is 21.1. The number of hydrazine groups is 1. The van der Waals surface area contributed by atoms with E-state index in [1.807, 2.05) is 6.08 Å². The summed E-state index contributed by atoms with van der Waals surface area (Å²) in [6, 6.07) is 23.1. The van der Waals surface area contributed by atoms with Gasteiger partial charge in [-0.25, -0.2) is 10.6 Å². The van der Waals surface area contributed by atoms with Crippen molar-refractivity contribution in [3.63, 3.8) is 0 Å². The average molecular weight is 473 g/mol. The van der Waals surface area contributed by atoms with Gasteiger partial charge in [-0.3, -0.25) is 0 Å². The van der Waals surface area contributed by atoms with Gasteiger partial charge in [-0.05, 0) is 67.8 Å². The predicted octanol–water partition coefficient (Wildman–Crippen LogP) is 5.44. The molecule has 0 fully saturated rings. The molecule has 1 heterocycles. The van der Waals surface area contributed by atoms with Gasteiger partial charge in [0.1, 0.15) is 11.4 Å². The maximum Gasteiger partial charge on any atom is 0.430 e. The van der Waals surface area contributed by atoms with Crippen LogP contribution >= 0.6 is 0 Å². The van der Waals surface area contributed by atoms with Crippen LogP contribution in [-0.2, 0) is 17.7 Å². The second-order valence-electron chi connectivity index (χ2n) is 9.66. The van der Waals surface area contributed by atoms with E-state index in [1.54, 1.807) is 32.9 Å². The van der Waals surface area contributed by atoms with Crippen molar-refractivity contribution in [2.75, 3.05) is 13.6 Å². The second-order valence-corrected chi connectivity index (χ2v) is 9.66. The molecule has 0 aliphatic carbocycles. The monoisotopic (exact) mass is 472 g/mol. The van der Waals surface area contributed by atoms with Crippen LogP contribution in [0.15, 0.2) is 84.7 Å². The summed E-state index contributed by atoms with van der Waals surface area (Å²) in [4.78, 5) is 14.2. The Morgan fingerprint density at radius 3 is 2.17 bits per heavy atom. The number of hydrogen-bond acceptors (Lipinski definition) is 5. The highest BCUT2D eigenvalue weighted by Crippen LogP contribution is 2.20. The van der Waals surface area contributed by atoms with Crippen LogP contribution in [0.1, 0.15) is 37.5 Å². The normalized spacial score (nSPS) is 14.3. The van der Waals surface area contributed by atoms with Gasteiger partial charge in [-0.1, -0.05) is 78.9 Å². The SMILES string of the molecule is CN1CCc2ccc(/C=C/C=C(\N)N(N)C(=O)OC(C)(C)C)cc2C1.c1ccc2ccccc2c1. The number of carbonyl (C=O) groups is 1. The van der Waals surface area contributed by atoms with Gasteiger partial charge in [-0.2, -0.15) is 5.01 Å². The fourth-order valence-electron chi connectivity index (χ4n) is 3.71. The van der Waals surface area contributed by atoms with Gasteiger partial charge < -0.3 is 15.4 Å². The van der Waals surface area contributed by atoms with Crippen molar-refractivity contribution in [3.8, 4) is 0 Å². The molecule has 6 heteroatoms. The molecule has 4 N–H and O–H groups in total. The molecule has 3 aromatic carbocycles. The molecule has 0 bridgehead atoms. The van der Waals surface area contributed by atoms with E-state index in [-0.39, 0.29) is 5.82 Å². The topological polar surface area (TPSA) is 84.8 Å². The lowest BCUT2D eigenvalue weighted by atomic mass is 9.97. The van der Waals surface area contributed by atoms with Gasteiger partial charge in [0.2, 0.25) is 0 Å². The zero-order chi connectivity index (χ0) is 25.4. The lowest BCUT2D eigenvalue weighted by molar-refractivity contribution is 0.0310. The molecule has 35 heavy (non-hydrogen) atoms. The van der Waals surface area contributed by atoms with Crippen LogP contribution in [-0.4, -0.2) is 35.2 Å². The number of nitrogens with zero attached hydrogens (tertiary/aromatic N) is 2. The summed E-state index contributed by atoms with van der Waals surface area (Å²) < 4.78 is 5.17. The highest BCUT2D eigenvalue weighted by molar-refractivity contribution is 5.82. The highest BCUT2D eigenvalue weighted by Gasteiger charge is 2.21. The number of rotatable bonds is 3. The minimum Gasteiger partial charge on any atom is -0.442 e. The Balaban J connectivity index is 0.000000281. The van der Waals surface area contributed by atoms with Crippen molar-refractivity contribution < 1.29 is 9.53 Å². The molecule has 1 amide bonds. The number of amides is 1. The van der Waals surface area contributed by atoms with Crippen LogP contribution in [0.4, 0.5) is 4.79 Å². The summed E-state index contributed by atoms with van der Waals surface area (Å²) in [5, 5.41) is 3.42. The Morgan fingerprint density at radius 1 is 1.00 bits per heavy atom. The molecule has 1 aliphatic heterocycles. The molecule has 0 radical (unpaired) electrons. The minimum absolute atomic E-state index is 0.114. The summed E-state index contributed by atoms with van der Waals surface area (Å²) in [5.74, 6) is 5.79. The number of fused-ring (bicyclic) bond motifs is 2. The Kier molecular flexibility index (Phi) is 8.68. The number of carbonyl (C=O) groups excluding carboxylic acids is 1. The molecule has 0 saturated heterocycles. The van der Waals surface area contributed by atoms with Crippen LogP contribution < -0.4 is 11.6 Å². The first-order valence-electron chi connectivity index (χ1n) is 11.8. The van der Waals surface area contributed by atoms with E-state index >= 15 is 0 Å². The van der Waals surface area contributed by atoms with Crippen molar-refractivity contribution in [2.24, 2.45) is 11.6 Å². The van der Waals surface area contributed by atoms with Crippen LogP contribution in [0.5, 0.6) is 0 Å². The predicted molar refractivity (Wildman–Crippen MR) is 144 cm³/mol. The summed E-state index contributed by atoms with van der Waals surface area (Å²) in [6.07, 6.45) is 5.68. The lowest BCUT2D eigenvalue weighted by Gasteiger charge is -2.25. The molecular weight excluding hydrogens is 436 g/mol. The van der Waals surface area contributed by atoms with E-state index in [1.165, 1.54) is 21.9 Å². The molecule has 3 aromatic rings. The van der Waals surface area contributed by atoms with E-state index in [0.717, 1.165) is 30.1 Å². The summed E-state index contributed by atoms with van der Waals surface area (Å²) in [6.45, 7) is 7.37. The summed E-state index contributed by atoms with van der Waals surface area (Å²) in [7, 11) is 2.13. The van der Waals surface area contributed by atoms with E-state index < -0.39 is 11.7 Å².